The Morgan fingerprint density at radius 2 is 1.68 bits per heavy atom. The molecule has 180 valence electrons. The lowest BCUT2D eigenvalue weighted by atomic mass is 9.91. The van der Waals surface area contributed by atoms with Crippen molar-refractivity contribution in [2.45, 2.75) is 37.8 Å². The van der Waals surface area contributed by atoms with Gasteiger partial charge in [-0.2, -0.15) is 4.98 Å². The molecule has 0 bridgehead atoms. The van der Waals surface area contributed by atoms with Gasteiger partial charge < -0.3 is 20.3 Å². The first kappa shape index (κ1) is 24.6. The van der Waals surface area contributed by atoms with Crippen LogP contribution in [0.25, 0.3) is 10.9 Å². The number of amides is 1. The van der Waals surface area contributed by atoms with E-state index >= 15 is 0 Å². The van der Waals surface area contributed by atoms with E-state index < -0.39 is 0 Å². The molecule has 7 nitrogen and oxygen atoms in total. The van der Waals surface area contributed by atoms with Crippen LogP contribution in [0.15, 0.2) is 36.4 Å². The van der Waals surface area contributed by atoms with Crippen LogP contribution in [0.1, 0.15) is 25.7 Å². The molecule has 0 spiro atoms. The number of para-hydroxylation sites is 1. The van der Waals surface area contributed by atoms with Gasteiger partial charge in [0.15, 0.2) is 12.4 Å². The van der Waals surface area contributed by atoms with Crippen molar-refractivity contribution < 1.29 is 9.53 Å². The monoisotopic (exact) mass is 521 g/mol. The molecule has 10 heteroatoms. The zero-order valence-electron chi connectivity index (χ0n) is 18.9. The van der Waals surface area contributed by atoms with Crippen LogP contribution in [0, 0.1) is 0 Å². The van der Waals surface area contributed by atoms with Gasteiger partial charge in [0, 0.05) is 36.6 Å². The van der Waals surface area contributed by atoms with Gasteiger partial charge in [-0.25, -0.2) is 4.98 Å². The zero-order valence-corrected chi connectivity index (χ0v) is 21.2. The summed E-state index contributed by atoms with van der Waals surface area (Å²) in [6.45, 7) is -0.169. The van der Waals surface area contributed by atoms with Gasteiger partial charge in [0.1, 0.15) is 5.82 Å². The van der Waals surface area contributed by atoms with E-state index in [2.05, 4.69) is 15.6 Å². The Morgan fingerprint density at radius 3 is 2.35 bits per heavy atom. The molecule has 3 aromatic rings. The van der Waals surface area contributed by atoms with Crippen LogP contribution in [-0.4, -0.2) is 48.7 Å². The summed E-state index contributed by atoms with van der Waals surface area (Å²) >= 11 is 18.1. The van der Waals surface area contributed by atoms with Crippen LogP contribution in [0.4, 0.5) is 11.8 Å². The molecule has 1 fully saturated rings. The molecule has 4 rings (SSSR count). The van der Waals surface area contributed by atoms with E-state index in [1.807, 2.05) is 43.3 Å². The molecule has 2 aromatic carbocycles. The Kier molecular flexibility index (Phi) is 7.86. The molecule has 1 saturated carbocycles. The molecule has 1 amide bonds. The topological polar surface area (TPSA) is 79.4 Å². The Bertz CT molecular complexity index is 1160. The molecule has 0 radical (unpaired) electrons. The maximum absolute atomic E-state index is 12.4. The molecular weight excluding hydrogens is 497 g/mol. The first-order valence-corrected chi connectivity index (χ1v) is 12.2. The van der Waals surface area contributed by atoms with E-state index in [1.54, 1.807) is 0 Å². The van der Waals surface area contributed by atoms with Crippen LogP contribution in [0.2, 0.25) is 15.1 Å². The highest BCUT2D eigenvalue weighted by atomic mass is 35.5. The first-order valence-electron chi connectivity index (χ1n) is 11.1. The van der Waals surface area contributed by atoms with Crippen LogP contribution in [0.5, 0.6) is 5.75 Å². The predicted octanol–water partition coefficient (Wildman–Crippen LogP) is 5.57. The number of hydrogen-bond donors (Lipinski definition) is 2. The number of nitrogens with zero attached hydrogens (tertiary/aromatic N) is 3. The molecule has 34 heavy (non-hydrogen) atoms. The molecular formula is C24H26Cl3N5O2. The summed E-state index contributed by atoms with van der Waals surface area (Å²) in [5.41, 5.74) is 0.908. The van der Waals surface area contributed by atoms with Gasteiger partial charge in [0.25, 0.3) is 5.91 Å². The number of carbonyl (C=O) groups excluding carboxylic acids is 1. The van der Waals surface area contributed by atoms with Gasteiger partial charge >= 0.3 is 0 Å². The number of benzene rings is 2. The van der Waals surface area contributed by atoms with Gasteiger partial charge in [0.2, 0.25) is 5.95 Å². The van der Waals surface area contributed by atoms with Crippen LogP contribution >= 0.6 is 34.8 Å². The average Bonchev–Trinajstić information content (AvgIpc) is 2.79. The summed E-state index contributed by atoms with van der Waals surface area (Å²) in [5.74, 6) is 1.55. The minimum Gasteiger partial charge on any atom is -0.481 e. The Morgan fingerprint density at radius 1 is 1.03 bits per heavy atom. The van der Waals surface area contributed by atoms with Gasteiger partial charge in [-0.1, -0.05) is 46.9 Å². The second-order valence-corrected chi connectivity index (χ2v) is 9.78. The molecule has 1 aliphatic rings. The normalized spacial score (nSPS) is 17.9. The Hall–Kier alpha value is -2.48. The summed E-state index contributed by atoms with van der Waals surface area (Å²) in [5, 5.41) is 8.47. The summed E-state index contributed by atoms with van der Waals surface area (Å²) < 4.78 is 5.52. The minimum absolute atomic E-state index is 0.0835. The van der Waals surface area contributed by atoms with Crippen molar-refractivity contribution in [1.29, 1.82) is 0 Å². The highest BCUT2D eigenvalue weighted by Gasteiger charge is 2.24. The number of anilines is 2. The third-order valence-electron chi connectivity index (χ3n) is 5.74. The lowest BCUT2D eigenvalue weighted by Crippen LogP contribution is -2.42. The Balaban J connectivity index is 1.29. The lowest BCUT2D eigenvalue weighted by Gasteiger charge is -2.30. The van der Waals surface area contributed by atoms with E-state index in [1.165, 1.54) is 12.1 Å². The fourth-order valence-corrected chi connectivity index (χ4v) is 5.03. The lowest BCUT2D eigenvalue weighted by molar-refractivity contribution is -0.124. The number of ether oxygens (including phenoxy) is 1. The molecule has 0 aliphatic heterocycles. The van der Waals surface area contributed by atoms with Crippen molar-refractivity contribution in [3.63, 3.8) is 0 Å². The standard InChI is InChI=1S/C24H26Cl3N5O2/c1-32(2)23-17-5-3-4-6-20(17)30-24(31-23)29-16-9-7-15(8-10-16)28-21(33)13-34-22-18(26)11-14(25)12-19(22)27/h3-6,11-12,15-16H,7-10,13H2,1-2H3,(H,28,33)(H,29,30,31)/t15-,16+. The smallest absolute Gasteiger partial charge is 0.258 e. The van der Waals surface area contributed by atoms with E-state index in [0.717, 1.165) is 42.4 Å². The second kappa shape index (κ2) is 10.8. The SMILES string of the molecule is CN(C)c1nc(N[C@H]2CC[C@@H](NC(=O)COc3c(Cl)cc(Cl)cc3Cl)CC2)nc2ccccc12. The molecule has 0 saturated heterocycles. The van der Waals surface area contributed by atoms with Gasteiger partial charge in [-0.15, -0.1) is 0 Å². The highest BCUT2D eigenvalue weighted by molar-refractivity contribution is 6.40. The minimum atomic E-state index is -0.216. The summed E-state index contributed by atoms with van der Waals surface area (Å²) in [6, 6.07) is 11.4. The largest absolute Gasteiger partial charge is 0.481 e. The maximum Gasteiger partial charge on any atom is 0.258 e. The number of rotatable bonds is 7. The second-order valence-electron chi connectivity index (χ2n) is 8.53. The summed E-state index contributed by atoms with van der Waals surface area (Å²) in [4.78, 5) is 23.8. The van der Waals surface area contributed by atoms with E-state index in [-0.39, 0.29) is 40.4 Å². The fraction of sp³-hybridized carbons (Fsp3) is 0.375. The molecule has 0 unspecified atom stereocenters. The maximum atomic E-state index is 12.4. The van der Waals surface area contributed by atoms with Crippen molar-refractivity contribution in [3.05, 3.63) is 51.5 Å². The first-order chi connectivity index (χ1) is 16.3. The summed E-state index contributed by atoms with van der Waals surface area (Å²) in [7, 11) is 3.95. The van der Waals surface area contributed by atoms with Crippen molar-refractivity contribution in [2.75, 3.05) is 30.9 Å². The average molecular weight is 523 g/mol. The third-order valence-corrected chi connectivity index (χ3v) is 6.52. The van der Waals surface area contributed by atoms with Gasteiger partial charge in [-0.05, 0) is 49.9 Å². The molecule has 0 atom stereocenters. The quantitative estimate of drug-likeness (QED) is 0.422. The number of aromatic nitrogens is 2. The van der Waals surface area contributed by atoms with E-state index in [0.29, 0.717) is 11.0 Å². The molecule has 1 aromatic heterocycles. The predicted molar refractivity (Wildman–Crippen MR) is 139 cm³/mol. The van der Waals surface area contributed by atoms with Crippen molar-refractivity contribution in [1.82, 2.24) is 15.3 Å². The van der Waals surface area contributed by atoms with Gasteiger partial charge in [-0.3, -0.25) is 4.79 Å². The number of halogens is 3. The number of hydrogen-bond acceptors (Lipinski definition) is 6. The number of carbonyl (C=O) groups is 1. The van der Waals surface area contributed by atoms with Crippen molar-refractivity contribution in [2.24, 2.45) is 0 Å². The van der Waals surface area contributed by atoms with Crippen LogP contribution in [0.3, 0.4) is 0 Å². The summed E-state index contributed by atoms with van der Waals surface area (Å²) in [6.07, 6.45) is 3.49. The third kappa shape index (κ3) is 5.95. The fourth-order valence-electron chi connectivity index (χ4n) is 4.10. The molecule has 1 heterocycles. The van der Waals surface area contributed by atoms with Crippen LogP contribution < -0.4 is 20.3 Å². The highest BCUT2D eigenvalue weighted by Crippen LogP contribution is 2.35. The van der Waals surface area contributed by atoms with Crippen molar-refractivity contribution >= 4 is 63.4 Å². The Labute approximate surface area is 213 Å². The van der Waals surface area contributed by atoms with E-state index in [4.69, 9.17) is 44.5 Å². The molecule has 2 N–H and O–H groups in total. The van der Waals surface area contributed by atoms with Crippen LogP contribution in [-0.2, 0) is 4.79 Å². The van der Waals surface area contributed by atoms with Gasteiger partial charge in [0.05, 0.1) is 15.6 Å². The molecule has 1 aliphatic carbocycles. The van der Waals surface area contributed by atoms with E-state index in [9.17, 15) is 4.79 Å². The van der Waals surface area contributed by atoms with Crippen molar-refractivity contribution in [3.8, 4) is 5.75 Å². The number of fused-ring (bicyclic) bond motifs is 1. The number of nitrogens with one attached hydrogen (secondary N) is 2. The zero-order chi connectivity index (χ0) is 24.2.